The zero-order chi connectivity index (χ0) is 11.5. The van der Waals surface area contributed by atoms with E-state index < -0.39 is 0 Å². The average Bonchev–Trinajstić information content (AvgIpc) is 2.29. The molecule has 2 rings (SSSR count). The van der Waals surface area contributed by atoms with Crippen LogP contribution < -0.4 is 0 Å². The molecule has 2 aromatic rings. The second-order valence-corrected chi connectivity index (χ2v) is 5.29. The van der Waals surface area contributed by atoms with Crippen LogP contribution in [0.1, 0.15) is 15.9 Å². The highest BCUT2D eigenvalue weighted by molar-refractivity contribution is 14.1. The Morgan fingerprint density at radius 2 is 2.12 bits per heavy atom. The van der Waals surface area contributed by atoms with Crippen molar-refractivity contribution in [3.63, 3.8) is 0 Å². The highest BCUT2D eigenvalue weighted by Gasteiger charge is 2.12. The summed E-state index contributed by atoms with van der Waals surface area (Å²) in [6.45, 7) is 0. The highest BCUT2D eigenvalue weighted by Crippen LogP contribution is 2.22. The van der Waals surface area contributed by atoms with Crippen molar-refractivity contribution in [1.29, 1.82) is 0 Å². The molecule has 0 spiro atoms. The Labute approximate surface area is 115 Å². The first-order chi connectivity index (χ1) is 7.68. The van der Waals surface area contributed by atoms with Gasteiger partial charge in [0.1, 0.15) is 0 Å². The summed E-state index contributed by atoms with van der Waals surface area (Å²) in [6, 6.07) is 9.17. The fourth-order valence-corrected chi connectivity index (χ4v) is 2.80. The Kier molecular flexibility index (Phi) is 3.70. The number of halogens is 2. The molecule has 0 atom stereocenters. The lowest BCUT2D eigenvalue weighted by Crippen LogP contribution is -2.02. The molecule has 0 bridgehead atoms. The molecule has 0 fully saturated rings. The predicted octanol–water partition coefficient (Wildman–Crippen LogP) is 3.68. The summed E-state index contributed by atoms with van der Waals surface area (Å²) >= 11 is 5.61. The monoisotopic (exact) mass is 387 g/mol. The maximum absolute atomic E-state index is 12.1. The number of pyridine rings is 1. The van der Waals surface area contributed by atoms with Gasteiger partial charge >= 0.3 is 0 Å². The molecule has 1 heterocycles. The van der Waals surface area contributed by atoms with Gasteiger partial charge in [0.05, 0.1) is 0 Å². The van der Waals surface area contributed by atoms with Crippen LogP contribution in [0.4, 0.5) is 0 Å². The van der Waals surface area contributed by atoms with E-state index in [0.29, 0.717) is 11.1 Å². The van der Waals surface area contributed by atoms with Crippen molar-refractivity contribution in [3.05, 3.63) is 61.9 Å². The summed E-state index contributed by atoms with van der Waals surface area (Å²) in [5, 5.41) is 0. The van der Waals surface area contributed by atoms with Crippen LogP contribution >= 0.6 is 38.5 Å². The summed E-state index contributed by atoms with van der Waals surface area (Å²) in [5.41, 5.74) is 1.26. The van der Waals surface area contributed by atoms with Gasteiger partial charge in [-0.25, -0.2) is 0 Å². The molecule has 0 radical (unpaired) electrons. The topological polar surface area (TPSA) is 30.0 Å². The number of aromatic nitrogens is 1. The molecule has 80 valence electrons. The molecule has 0 aliphatic heterocycles. The van der Waals surface area contributed by atoms with Gasteiger partial charge in [-0.3, -0.25) is 9.78 Å². The molecule has 2 nitrogen and oxygen atoms in total. The van der Waals surface area contributed by atoms with Crippen molar-refractivity contribution in [3.8, 4) is 0 Å². The number of carbonyl (C=O) groups excluding carboxylic acids is 1. The number of hydrogen-bond donors (Lipinski definition) is 0. The maximum Gasteiger partial charge on any atom is 0.195 e. The number of ketones is 1. The Bertz CT molecular complexity index is 528. The van der Waals surface area contributed by atoms with Crippen LogP contribution in [0.25, 0.3) is 0 Å². The Morgan fingerprint density at radius 1 is 1.31 bits per heavy atom. The molecule has 1 aromatic heterocycles. The molecule has 0 amide bonds. The van der Waals surface area contributed by atoms with Crippen molar-refractivity contribution >= 4 is 44.3 Å². The number of rotatable bonds is 2. The minimum absolute atomic E-state index is 0.0172. The van der Waals surface area contributed by atoms with Crippen LogP contribution in [-0.4, -0.2) is 10.8 Å². The van der Waals surface area contributed by atoms with Crippen LogP contribution in [0, 0.1) is 3.57 Å². The molecule has 0 unspecified atom stereocenters. The van der Waals surface area contributed by atoms with Gasteiger partial charge in [0.25, 0.3) is 0 Å². The first-order valence-corrected chi connectivity index (χ1v) is 6.45. The normalized spacial score (nSPS) is 10.1. The lowest BCUT2D eigenvalue weighted by atomic mass is 10.1. The number of benzene rings is 1. The van der Waals surface area contributed by atoms with Crippen molar-refractivity contribution in [2.45, 2.75) is 0 Å². The second kappa shape index (κ2) is 5.05. The molecule has 16 heavy (non-hydrogen) atoms. The molecule has 0 aliphatic rings. The van der Waals surface area contributed by atoms with Crippen LogP contribution in [0.3, 0.4) is 0 Å². The van der Waals surface area contributed by atoms with Gasteiger partial charge in [-0.2, -0.15) is 0 Å². The quantitative estimate of drug-likeness (QED) is 0.581. The predicted molar refractivity (Wildman–Crippen MR) is 74.5 cm³/mol. The standard InChI is InChI=1S/C12H7BrINO/c13-11-6-9(14)3-4-10(11)12(16)8-2-1-5-15-7-8/h1-7H. The SMILES string of the molecule is O=C(c1cccnc1)c1ccc(I)cc1Br. The molecule has 1 aromatic carbocycles. The van der Waals surface area contributed by atoms with Gasteiger partial charge in [-0.15, -0.1) is 0 Å². The Hall–Kier alpha value is -0.750. The van der Waals surface area contributed by atoms with E-state index >= 15 is 0 Å². The summed E-state index contributed by atoms with van der Waals surface area (Å²) in [4.78, 5) is 16.0. The summed E-state index contributed by atoms with van der Waals surface area (Å²) in [5.74, 6) is -0.0172. The Morgan fingerprint density at radius 3 is 2.75 bits per heavy atom. The summed E-state index contributed by atoms with van der Waals surface area (Å²) < 4.78 is 1.90. The molecule has 0 saturated heterocycles. The van der Waals surface area contributed by atoms with Crippen molar-refractivity contribution in [2.24, 2.45) is 0 Å². The summed E-state index contributed by atoms with van der Waals surface area (Å²) in [7, 11) is 0. The number of carbonyl (C=O) groups is 1. The summed E-state index contributed by atoms with van der Waals surface area (Å²) in [6.07, 6.45) is 3.23. The smallest absolute Gasteiger partial charge is 0.195 e. The third-order valence-corrected chi connectivity index (χ3v) is 3.43. The Balaban J connectivity index is 2.42. The molecule has 0 saturated carbocycles. The van der Waals surface area contributed by atoms with E-state index in [1.807, 2.05) is 18.2 Å². The van der Waals surface area contributed by atoms with Crippen molar-refractivity contribution in [2.75, 3.05) is 0 Å². The van der Waals surface area contributed by atoms with E-state index in [0.717, 1.165) is 8.04 Å². The van der Waals surface area contributed by atoms with E-state index in [4.69, 9.17) is 0 Å². The molecular weight excluding hydrogens is 381 g/mol. The number of hydrogen-bond acceptors (Lipinski definition) is 2. The van der Waals surface area contributed by atoms with E-state index in [2.05, 4.69) is 43.5 Å². The first-order valence-electron chi connectivity index (χ1n) is 4.58. The van der Waals surface area contributed by atoms with E-state index in [9.17, 15) is 4.79 Å². The van der Waals surface area contributed by atoms with Crippen LogP contribution in [0.2, 0.25) is 0 Å². The van der Waals surface area contributed by atoms with Crippen LogP contribution in [-0.2, 0) is 0 Å². The van der Waals surface area contributed by atoms with E-state index in [1.54, 1.807) is 24.5 Å². The minimum atomic E-state index is -0.0172. The fraction of sp³-hybridized carbons (Fsp3) is 0. The molecule has 4 heteroatoms. The zero-order valence-corrected chi connectivity index (χ0v) is 11.9. The average molecular weight is 388 g/mol. The fourth-order valence-electron chi connectivity index (χ4n) is 1.33. The van der Waals surface area contributed by atoms with Gasteiger partial charge in [0, 0.05) is 31.6 Å². The largest absolute Gasteiger partial charge is 0.289 e. The van der Waals surface area contributed by atoms with Crippen molar-refractivity contribution in [1.82, 2.24) is 4.98 Å². The molecule has 0 aliphatic carbocycles. The number of nitrogens with zero attached hydrogens (tertiary/aromatic N) is 1. The second-order valence-electron chi connectivity index (χ2n) is 3.19. The van der Waals surface area contributed by atoms with E-state index in [-0.39, 0.29) is 5.78 Å². The van der Waals surface area contributed by atoms with Gasteiger partial charge in [0.15, 0.2) is 5.78 Å². The van der Waals surface area contributed by atoms with Crippen LogP contribution in [0.15, 0.2) is 47.2 Å². The van der Waals surface area contributed by atoms with Crippen molar-refractivity contribution < 1.29 is 4.79 Å². The van der Waals surface area contributed by atoms with Gasteiger partial charge in [-0.05, 0) is 68.9 Å². The third kappa shape index (κ3) is 2.49. The van der Waals surface area contributed by atoms with Gasteiger partial charge in [0.2, 0.25) is 0 Å². The minimum Gasteiger partial charge on any atom is -0.289 e. The first kappa shape index (κ1) is 11.7. The zero-order valence-electron chi connectivity index (χ0n) is 8.15. The third-order valence-electron chi connectivity index (χ3n) is 2.10. The highest BCUT2D eigenvalue weighted by atomic mass is 127. The van der Waals surface area contributed by atoms with Gasteiger partial charge < -0.3 is 0 Å². The van der Waals surface area contributed by atoms with Crippen LogP contribution in [0.5, 0.6) is 0 Å². The molecule has 0 N–H and O–H groups in total. The molecular formula is C12H7BrINO. The van der Waals surface area contributed by atoms with E-state index in [1.165, 1.54) is 0 Å². The lowest BCUT2D eigenvalue weighted by molar-refractivity contribution is 0.103. The lowest BCUT2D eigenvalue weighted by Gasteiger charge is -2.03. The maximum atomic E-state index is 12.1. The van der Waals surface area contributed by atoms with Gasteiger partial charge in [-0.1, -0.05) is 0 Å².